The van der Waals surface area contributed by atoms with Crippen LogP contribution in [0.1, 0.15) is 19.8 Å². The second-order valence-electron chi connectivity index (χ2n) is 4.30. The van der Waals surface area contributed by atoms with Gasteiger partial charge in [-0.25, -0.2) is 4.79 Å². The molecule has 0 aliphatic heterocycles. The standard InChI is InChI=1S/C11H20N2O4/c1-2-12(5-6-14)11(17)13(8-10(15)16)7-9-3-4-9/h9,14H,2-8H2,1H3,(H,15,16). The molecule has 0 aromatic rings. The number of likely N-dealkylation sites (N-methyl/N-ethyl adjacent to an activating group) is 1. The van der Waals surface area contributed by atoms with Crippen LogP contribution in [-0.4, -0.2) is 64.8 Å². The highest BCUT2D eigenvalue weighted by Crippen LogP contribution is 2.29. The number of hydrogen-bond donors (Lipinski definition) is 2. The first kappa shape index (κ1) is 13.8. The molecule has 1 aliphatic carbocycles. The fourth-order valence-corrected chi connectivity index (χ4v) is 1.70. The second kappa shape index (κ2) is 6.44. The van der Waals surface area contributed by atoms with Crippen molar-refractivity contribution >= 4 is 12.0 Å². The minimum Gasteiger partial charge on any atom is -0.480 e. The molecule has 0 heterocycles. The number of carbonyl (C=O) groups excluding carboxylic acids is 1. The SMILES string of the molecule is CCN(CCO)C(=O)N(CC(=O)O)CC1CC1. The normalized spacial score (nSPS) is 14.5. The molecule has 0 unspecified atom stereocenters. The molecule has 0 aromatic carbocycles. The van der Waals surface area contributed by atoms with Crippen LogP contribution in [0.15, 0.2) is 0 Å². The zero-order valence-corrected chi connectivity index (χ0v) is 10.1. The van der Waals surface area contributed by atoms with E-state index >= 15 is 0 Å². The molecular weight excluding hydrogens is 224 g/mol. The van der Waals surface area contributed by atoms with Gasteiger partial charge in [0.05, 0.1) is 6.61 Å². The van der Waals surface area contributed by atoms with Gasteiger partial charge in [0, 0.05) is 19.6 Å². The molecule has 1 fully saturated rings. The minimum absolute atomic E-state index is 0.107. The summed E-state index contributed by atoms with van der Waals surface area (Å²) in [5.74, 6) is -0.551. The molecule has 17 heavy (non-hydrogen) atoms. The van der Waals surface area contributed by atoms with Crippen LogP contribution in [0.4, 0.5) is 4.79 Å². The van der Waals surface area contributed by atoms with Crippen LogP contribution >= 0.6 is 0 Å². The van der Waals surface area contributed by atoms with Crippen molar-refractivity contribution < 1.29 is 19.8 Å². The number of carboxylic acids is 1. The maximum absolute atomic E-state index is 12.0. The molecule has 0 bridgehead atoms. The molecule has 98 valence electrons. The Bertz CT molecular complexity index is 279. The Hall–Kier alpha value is -1.30. The zero-order chi connectivity index (χ0) is 12.8. The lowest BCUT2D eigenvalue weighted by Crippen LogP contribution is -2.47. The van der Waals surface area contributed by atoms with E-state index in [1.54, 1.807) is 0 Å². The maximum Gasteiger partial charge on any atom is 0.323 e. The molecule has 6 heteroatoms. The molecule has 2 N–H and O–H groups in total. The van der Waals surface area contributed by atoms with Gasteiger partial charge in [0.1, 0.15) is 6.54 Å². The predicted octanol–water partition coefficient (Wildman–Crippen LogP) is 0.217. The second-order valence-corrected chi connectivity index (χ2v) is 4.30. The molecule has 2 amide bonds. The summed E-state index contributed by atoms with van der Waals surface area (Å²) in [6, 6.07) is -0.296. The van der Waals surface area contributed by atoms with Gasteiger partial charge in [-0.15, -0.1) is 0 Å². The van der Waals surface area contributed by atoms with E-state index in [-0.39, 0.29) is 25.7 Å². The number of aliphatic carboxylic acids is 1. The lowest BCUT2D eigenvalue weighted by Gasteiger charge is -2.28. The number of amides is 2. The number of aliphatic hydroxyl groups is 1. The van der Waals surface area contributed by atoms with Gasteiger partial charge < -0.3 is 20.0 Å². The fraction of sp³-hybridized carbons (Fsp3) is 0.818. The smallest absolute Gasteiger partial charge is 0.323 e. The highest BCUT2D eigenvalue weighted by molar-refractivity contribution is 5.80. The third-order valence-corrected chi connectivity index (χ3v) is 2.79. The van der Waals surface area contributed by atoms with E-state index in [1.807, 2.05) is 6.92 Å². The number of rotatable bonds is 7. The highest BCUT2D eigenvalue weighted by atomic mass is 16.4. The molecule has 1 rings (SSSR count). The summed E-state index contributed by atoms with van der Waals surface area (Å²) in [6.45, 7) is 2.66. The summed E-state index contributed by atoms with van der Waals surface area (Å²) >= 11 is 0. The number of hydrogen-bond acceptors (Lipinski definition) is 3. The Morgan fingerprint density at radius 1 is 1.29 bits per heavy atom. The third kappa shape index (κ3) is 4.60. The van der Waals surface area contributed by atoms with E-state index in [2.05, 4.69) is 0 Å². The summed E-state index contributed by atoms with van der Waals surface area (Å²) in [5.41, 5.74) is 0. The number of carbonyl (C=O) groups is 2. The molecule has 0 spiro atoms. The van der Waals surface area contributed by atoms with Crippen LogP contribution < -0.4 is 0 Å². The average Bonchev–Trinajstić information content (AvgIpc) is 3.07. The van der Waals surface area contributed by atoms with E-state index in [0.717, 1.165) is 12.8 Å². The van der Waals surface area contributed by atoms with Crippen molar-refractivity contribution in [1.82, 2.24) is 9.80 Å². The van der Waals surface area contributed by atoms with Crippen molar-refractivity contribution in [3.05, 3.63) is 0 Å². The van der Waals surface area contributed by atoms with Gasteiger partial charge in [-0.05, 0) is 25.7 Å². The van der Waals surface area contributed by atoms with Crippen molar-refractivity contribution in [1.29, 1.82) is 0 Å². The summed E-state index contributed by atoms with van der Waals surface area (Å²) < 4.78 is 0. The topological polar surface area (TPSA) is 81.1 Å². The van der Waals surface area contributed by atoms with E-state index in [4.69, 9.17) is 10.2 Å². The van der Waals surface area contributed by atoms with Gasteiger partial charge >= 0.3 is 12.0 Å². The quantitative estimate of drug-likeness (QED) is 0.671. The Morgan fingerprint density at radius 2 is 1.94 bits per heavy atom. The van der Waals surface area contributed by atoms with E-state index in [1.165, 1.54) is 9.80 Å². The molecule has 0 aromatic heterocycles. The summed E-state index contributed by atoms with van der Waals surface area (Å²) in [6.07, 6.45) is 2.13. The fourth-order valence-electron chi connectivity index (χ4n) is 1.70. The first-order chi connectivity index (χ1) is 8.08. The third-order valence-electron chi connectivity index (χ3n) is 2.79. The van der Waals surface area contributed by atoms with Gasteiger partial charge in [0.15, 0.2) is 0 Å². The van der Waals surface area contributed by atoms with Crippen LogP contribution in [0.2, 0.25) is 0 Å². The van der Waals surface area contributed by atoms with E-state index < -0.39 is 5.97 Å². The Morgan fingerprint density at radius 3 is 2.35 bits per heavy atom. The number of urea groups is 1. The molecule has 6 nitrogen and oxygen atoms in total. The molecule has 1 saturated carbocycles. The minimum atomic E-state index is -1.00. The van der Waals surface area contributed by atoms with Gasteiger partial charge in [0.25, 0.3) is 0 Å². The molecule has 1 aliphatic rings. The number of nitrogens with zero attached hydrogens (tertiary/aromatic N) is 2. The van der Waals surface area contributed by atoms with E-state index in [0.29, 0.717) is 19.0 Å². The lowest BCUT2D eigenvalue weighted by atomic mass is 10.3. The Balaban J connectivity index is 2.58. The largest absolute Gasteiger partial charge is 0.480 e. The van der Waals surface area contributed by atoms with Crippen LogP contribution in [0.5, 0.6) is 0 Å². The predicted molar refractivity (Wildman–Crippen MR) is 61.7 cm³/mol. The van der Waals surface area contributed by atoms with Gasteiger partial charge in [0.2, 0.25) is 0 Å². The molecule has 0 saturated heterocycles. The molecule has 0 atom stereocenters. The number of aliphatic hydroxyl groups excluding tert-OH is 1. The molecule has 0 radical (unpaired) electrons. The summed E-state index contributed by atoms with van der Waals surface area (Å²) in [4.78, 5) is 25.6. The molecular formula is C11H20N2O4. The number of carboxylic acid groups (broad SMARTS) is 1. The van der Waals surface area contributed by atoms with Gasteiger partial charge in [-0.2, -0.15) is 0 Å². The van der Waals surface area contributed by atoms with Crippen LogP contribution in [0, 0.1) is 5.92 Å². The van der Waals surface area contributed by atoms with Crippen molar-refractivity contribution in [3.63, 3.8) is 0 Å². The van der Waals surface area contributed by atoms with Crippen LogP contribution in [0.25, 0.3) is 0 Å². The first-order valence-electron chi connectivity index (χ1n) is 5.95. The first-order valence-corrected chi connectivity index (χ1v) is 5.95. The summed E-state index contributed by atoms with van der Waals surface area (Å²) in [5, 5.41) is 17.6. The van der Waals surface area contributed by atoms with Gasteiger partial charge in [-0.3, -0.25) is 4.79 Å². The Kier molecular flexibility index (Phi) is 5.21. The monoisotopic (exact) mass is 244 g/mol. The Labute approximate surface area is 101 Å². The van der Waals surface area contributed by atoms with E-state index in [9.17, 15) is 9.59 Å². The van der Waals surface area contributed by atoms with Crippen molar-refractivity contribution in [2.45, 2.75) is 19.8 Å². The van der Waals surface area contributed by atoms with Crippen molar-refractivity contribution in [2.24, 2.45) is 5.92 Å². The highest BCUT2D eigenvalue weighted by Gasteiger charge is 2.29. The maximum atomic E-state index is 12.0. The average molecular weight is 244 g/mol. The lowest BCUT2D eigenvalue weighted by molar-refractivity contribution is -0.137. The summed E-state index contributed by atoms with van der Waals surface area (Å²) in [7, 11) is 0. The van der Waals surface area contributed by atoms with Crippen molar-refractivity contribution in [3.8, 4) is 0 Å². The van der Waals surface area contributed by atoms with Crippen LogP contribution in [0.3, 0.4) is 0 Å². The van der Waals surface area contributed by atoms with Crippen LogP contribution in [-0.2, 0) is 4.79 Å². The van der Waals surface area contributed by atoms with Crippen molar-refractivity contribution in [2.75, 3.05) is 32.8 Å². The zero-order valence-electron chi connectivity index (χ0n) is 10.1. The van der Waals surface area contributed by atoms with Gasteiger partial charge in [-0.1, -0.05) is 0 Å².